The standard InChI is InChI=1S/C17H21N5OS/c1-10-9-24-15(19-10)17(6-3-7-17)22-16(23)21-13-8-18-11(2)20-14(13)12-4-5-12/h8-9,12H,3-7H2,1-2H3,(H2,21,22,23). The van der Waals surface area contributed by atoms with Gasteiger partial charge in [0, 0.05) is 17.0 Å². The fourth-order valence-electron chi connectivity index (χ4n) is 3.12. The van der Waals surface area contributed by atoms with Gasteiger partial charge in [-0.15, -0.1) is 11.3 Å². The average molecular weight is 343 g/mol. The molecule has 0 aromatic carbocycles. The number of amides is 2. The predicted octanol–water partition coefficient (Wildman–Crippen LogP) is 3.63. The van der Waals surface area contributed by atoms with Crippen molar-refractivity contribution in [1.29, 1.82) is 0 Å². The Morgan fingerprint density at radius 2 is 2.08 bits per heavy atom. The van der Waals surface area contributed by atoms with Crippen LogP contribution in [-0.2, 0) is 5.54 Å². The number of rotatable bonds is 4. The third-order valence-corrected chi connectivity index (χ3v) is 5.90. The van der Waals surface area contributed by atoms with E-state index < -0.39 is 0 Å². The number of thiazole rings is 1. The summed E-state index contributed by atoms with van der Waals surface area (Å²) in [7, 11) is 0. The van der Waals surface area contributed by atoms with E-state index in [1.807, 2.05) is 19.2 Å². The highest BCUT2D eigenvalue weighted by atomic mass is 32.1. The molecular formula is C17H21N5OS. The molecule has 2 fully saturated rings. The van der Waals surface area contributed by atoms with Crippen LogP contribution in [-0.4, -0.2) is 21.0 Å². The lowest BCUT2D eigenvalue weighted by molar-refractivity contribution is 0.184. The van der Waals surface area contributed by atoms with Crippen molar-refractivity contribution >= 4 is 23.1 Å². The zero-order valence-electron chi connectivity index (χ0n) is 13.9. The van der Waals surface area contributed by atoms with Gasteiger partial charge in [-0.2, -0.15) is 0 Å². The molecule has 4 rings (SSSR count). The molecule has 0 aliphatic heterocycles. The second kappa shape index (κ2) is 5.81. The molecule has 2 aromatic heterocycles. The minimum absolute atomic E-state index is 0.197. The monoisotopic (exact) mass is 343 g/mol. The van der Waals surface area contributed by atoms with Crippen molar-refractivity contribution in [2.75, 3.05) is 5.32 Å². The Hall–Kier alpha value is -2.02. The molecule has 0 saturated heterocycles. The van der Waals surface area contributed by atoms with Gasteiger partial charge in [-0.25, -0.2) is 19.7 Å². The molecule has 2 saturated carbocycles. The molecule has 0 spiro atoms. The Kier molecular flexibility index (Phi) is 3.75. The van der Waals surface area contributed by atoms with E-state index in [1.165, 1.54) is 0 Å². The molecule has 2 amide bonds. The van der Waals surface area contributed by atoms with Gasteiger partial charge in [0.15, 0.2) is 0 Å². The van der Waals surface area contributed by atoms with Gasteiger partial charge < -0.3 is 10.6 Å². The maximum atomic E-state index is 12.6. The number of nitrogens with zero attached hydrogens (tertiary/aromatic N) is 3. The minimum atomic E-state index is -0.311. The maximum Gasteiger partial charge on any atom is 0.320 e. The molecule has 6 nitrogen and oxygen atoms in total. The number of urea groups is 1. The number of anilines is 1. The lowest BCUT2D eigenvalue weighted by Gasteiger charge is -2.40. The summed E-state index contributed by atoms with van der Waals surface area (Å²) in [5.41, 5.74) is 2.39. The van der Waals surface area contributed by atoms with E-state index in [4.69, 9.17) is 0 Å². The molecule has 2 N–H and O–H groups in total. The summed E-state index contributed by atoms with van der Waals surface area (Å²) in [5, 5.41) is 9.15. The van der Waals surface area contributed by atoms with Crippen LogP contribution in [0.2, 0.25) is 0 Å². The summed E-state index contributed by atoms with van der Waals surface area (Å²) in [6.45, 7) is 3.86. The van der Waals surface area contributed by atoms with E-state index >= 15 is 0 Å². The molecular weight excluding hydrogens is 322 g/mol. The number of hydrogen-bond acceptors (Lipinski definition) is 5. The molecule has 0 radical (unpaired) electrons. The second-order valence-corrected chi connectivity index (χ2v) is 7.66. The predicted molar refractivity (Wildman–Crippen MR) is 93.3 cm³/mol. The van der Waals surface area contributed by atoms with Gasteiger partial charge in [0.05, 0.1) is 23.1 Å². The van der Waals surface area contributed by atoms with Crippen molar-refractivity contribution in [3.8, 4) is 0 Å². The first-order valence-corrected chi connectivity index (χ1v) is 9.29. The van der Waals surface area contributed by atoms with E-state index in [2.05, 4.69) is 25.6 Å². The van der Waals surface area contributed by atoms with Gasteiger partial charge in [0.25, 0.3) is 0 Å². The molecule has 0 bridgehead atoms. The SMILES string of the molecule is Cc1csc(C2(NC(=O)Nc3cnc(C)nc3C3CC3)CCC2)n1. The molecule has 2 heterocycles. The fraction of sp³-hybridized carbons (Fsp3) is 0.529. The highest BCUT2D eigenvalue weighted by Crippen LogP contribution is 2.43. The number of hydrogen-bond donors (Lipinski definition) is 2. The molecule has 2 aliphatic carbocycles. The first kappa shape index (κ1) is 15.5. The van der Waals surface area contributed by atoms with E-state index in [9.17, 15) is 4.79 Å². The number of aryl methyl sites for hydroxylation is 2. The number of carbonyl (C=O) groups is 1. The quantitative estimate of drug-likeness (QED) is 0.888. The van der Waals surface area contributed by atoms with Crippen LogP contribution < -0.4 is 10.6 Å². The highest BCUT2D eigenvalue weighted by Gasteiger charge is 2.42. The second-order valence-electron chi connectivity index (χ2n) is 6.80. The van der Waals surface area contributed by atoms with Crippen molar-refractivity contribution in [3.63, 3.8) is 0 Å². The van der Waals surface area contributed by atoms with E-state index in [1.54, 1.807) is 17.5 Å². The van der Waals surface area contributed by atoms with Crippen molar-refractivity contribution < 1.29 is 4.79 Å². The minimum Gasteiger partial charge on any atom is -0.326 e. The summed E-state index contributed by atoms with van der Waals surface area (Å²) in [6.07, 6.45) is 6.97. The summed E-state index contributed by atoms with van der Waals surface area (Å²) in [4.78, 5) is 25.9. The fourth-order valence-corrected chi connectivity index (χ4v) is 4.13. The number of aromatic nitrogens is 3. The Bertz CT molecular complexity index is 779. The molecule has 0 unspecified atom stereocenters. The Labute approximate surface area is 145 Å². The molecule has 7 heteroatoms. The third-order valence-electron chi connectivity index (χ3n) is 4.74. The third kappa shape index (κ3) is 2.88. The van der Waals surface area contributed by atoms with Crippen LogP contribution in [0.3, 0.4) is 0 Å². The van der Waals surface area contributed by atoms with E-state index in [0.717, 1.165) is 60.0 Å². The lowest BCUT2D eigenvalue weighted by atomic mass is 9.77. The lowest BCUT2D eigenvalue weighted by Crippen LogP contribution is -2.52. The van der Waals surface area contributed by atoms with Crippen LogP contribution >= 0.6 is 11.3 Å². The normalized spacial score (nSPS) is 18.8. The Balaban J connectivity index is 1.51. The molecule has 2 aromatic rings. The van der Waals surface area contributed by atoms with Gasteiger partial charge in [-0.05, 0) is 46.0 Å². The van der Waals surface area contributed by atoms with Crippen LogP contribution in [0.25, 0.3) is 0 Å². The Morgan fingerprint density at radius 3 is 2.67 bits per heavy atom. The van der Waals surface area contributed by atoms with Gasteiger partial charge in [0.1, 0.15) is 10.8 Å². The van der Waals surface area contributed by atoms with Crippen molar-refractivity contribution in [1.82, 2.24) is 20.3 Å². The number of carbonyl (C=O) groups excluding carboxylic acids is 1. The summed E-state index contributed by atoms with van der Waals surface area (Å²) < 4.78 is 0. The largest absolute Gasteiger partial charge is 0.326 e. The van der Waals surface area contributed by atoms with Crippen molar-refractivity contribution in [3.05, 3.63) is 33.8 Å². The topological polar surface area (TPSA) is 79.8 Å². The molecule has 2 aliphatic rings. The maximum absolute atomic E-state index is 12.6. The smallest absolute Gasteiger partial charge is 0.320 e. The van der Waals surface area contributed by atoms with E-state index in [-0.39, 0.29) is 11.6 Å². The first-order valence-electron chi connectivity index (χ1n) is 8.41. The van der Waals surface area contributed by atoms with Crippen LogP contribution in [0.1, 0.15) is 60.2 Å². The molecule has 24 heavy (non-hydrogen) atoms. The summed E-state index contributed by atoms with van der Waals surface area (Å²) in [5.74, 6) is 1.21. The van der Waals surface area contributed by atoms with Crippen LogP contribution in [0.15, 0.2) is 11.6 Å². The highest BCUT2D eigenvalue weighted by molar-refractivity contribution is 7.09. The average Bonchev–Trinajstić information content (AvgIpc) is 3.26. The first-order chi connectivity index (χ1) is 11.6. The van der Waals surface area contributed by atoms with Gasteiger partial charge >= 0.3 is 6.03 Å². The van der Waals surface area contributed by atoms with Gasteiger partial charge in [-0.3, -0.25) is 0 Å². The van der Waals surface area contributed by atoms with Crippen molar-refractivity contribution in [2.45, 2.75) is 57.4 Å². The van der Waals surface area contributed by atoms with Crippen LogP contribution in [0.5, 0.6) is 0 Å². The van der Waals surface area contributed by atoms with Crippen molar-refractivity contribution in [2.24, 2.45) is 0 Å². The Morgan fingerprint density at radius 1 is 1.29 bits per heavy atom. The zero-order valence-corrected chi connectivity index (χ0v) is 14.7. The molecule has 0 atom stereocenters. The summed E-state index contributed by atoms with van der Waals surface area (Å²) in [6, 6.07) is -0.197. The van der Waals surface area contributed by atoms with Gasteiger partial charge in [-0.1, -0.05) is 0 Å². The molecule has 126 valence electrons. The number of nitrogens with one attached hydrogen (secondary N) is 2. The van der Waals surface area contributed by atoms with Crippen LogP contribution in [0, 0.1) is 13.8 Å². The summed E-state index contributed by atoms with van der Waals surface area (Å²) >= 11 is 1.62. The van der Waals surface area contributed by atoms with Gasteiger partial charge in [0.2, 0.25) is 0 Å². The zero-order chi connectivity index (χ0) is 16.7. The van der Waals surface area contributed by atoms with E-state index in [0.29, 0.717) is 5.92 Å². The van der Waals surface area contributed by atoms with Crippen LogP contribution in [0.4, 0.5) is 10.5 Å².